The van der Waals surface area contributed by atoms with E-state index >= 15 is 0 Å². The zero-order valence-electron chi connectivity index (χ0n) is 13.5. The lowest BCUT2D eigenvalue weighted by molar-refractivity contribution is -0.116. The van der Waals surface area contributed by atoms with Gasteiger partial charge in [0, 0.05) is 22.5 Å². The number of carbonyl (C=O) groups excluding carboxylic acids is 1. The third-order valence-corrected chi connectivity index (χ3v) is 4.97. The number of halogens is 1. The first-order valence-corrected chi connectivity index (χ1v) is 8.65. The molecule has 1 heterocycles. The minimum absolute atomic E-state index is 0.106. The first-order chi connectivity index (χ1) is 11.0. The van der Waals surface area contributed by atoms with Crippen molar-refractivity contribution in [2.75, 3.05) is 20.6 Å². The number of thiophene rings is 1. The Morgan fingerprint density at radius 1 is 1.39 bits per heavy atom. The van der Waals surface area contributed by atoms with E-state index in [1.54, 1.807) is 23.5 Å². The van der Waals surface area contributed by atoms with Crippen LogP contribution in [0.1, 0.15) is 22.0 Å². The van der Waals surface area contributed by atoms with Crippen molar-refractivity contribution in [3.63, 3.8) is 0 Å². The molecular formula is C18H21ClN2OS. The Labute approximate surface area is 146 Å². The number of carbonyl (C=O) groups is 1. The second kappa shape index (κ2) is 8.29. The molecule has 1 unspecified atom stereocenters. The summed E-state index contributed by atoms with van der Waals surface area (Å²) in [5.41, 5.74) is 1.94. The molecule has 23 heavy (non-hydrogen) atoms. The zero-order valence-corrected chi connectivity index (χ0v) is 15.1. The van der Waals surface area contributed by atoms with Gasteiger partial charge in [0.25, 0.3) is 0 Å². The highest BCUT2D eigenvalue weighted by atomic mass is 35.5. The van der Waals surface area contributed by atoms with Gasteiger partial charge in [0.2, 0.25) is 5.91 Å². The third-order valence-electron chi connectivity index (χ3n) is 3.59. The predicted molar refractivity (Wildman–Crippen MR) is 99.0 cm³/mol. The lowest BCUT2D eigenvalue weighted by Gasteiger charge is -2.23. The van der Waals surface area contributed by atoms with Crippen LogP contribution in [0, 0.1) is 6.92 Å². The van der Waals surface area contributed by atoms with E-state index in [-0.39, 0.29) is 11.9 Å². The maximum atomic E-state index is 12.0. The van der Waals surface area contributed by atoms with Crippen molar-refractivity contribution in [3.8, 4) is 0 Å². The van der Waals surface area contributed by atoms with Gasteiger partial charge in [-0.3, -0.25) is 4.79 Å². The zero-order chi connectivity index (χ0) is 16.8. The number of rotatable bonds is 6. The summed E-state index contributed by atoms with van der Waals surface area (Å²) >= 11 is 7.78. The minimum Gasteiger partial charge on any atom is -0.351 e. The molecule has 0 bridgehead atoms. The molecule has 5 heteroatoms. The van der Waals surface area contributed by atoms with Crippen LogP contribution >= 0.6 is 22.9 Å². The van der Waals surface area contributed by atoms with E-state index in [4.69, 9.17) is 11.6 Å². The lowest BCUT2D eigenvalue weighted by atomic mass is 10.1. The highest BCUT2D eigenvalue weighted by molar-refractivity contribution is 7.10. The van der Waals surface area contributed by atoms with Crippen LogP contribution in [0.25, 0.3) is 6.08 Å². The molecule has 2 rings (SSSR count). The topological polar surface area (TPSA) is 32.3 Å². The van der Waals surface area contributed by atoms with E-state index in [9.17, 15) is 4.79 Å². The first kappa shape index (κ1) is 17.7. The van der Waals surface area contributed by atoms with Crippen molar-refractivity contribution >= 4 is 34.9 Å². The molecule has 3 nitrogen and oxygen atoms in total. The Morgan fingerprint density at radius 2 is 2.17 bits per heavy atom. The van der Waals surface area contributed by atoms with Crippen LogP contribution in [-0.2, 0) is 4.79 Å². The van der Waals surface area contributed by atoms with Gasteiger partial charge in [-0.1, -0.05) is 29.8 Å². The number of likely N-dealkylation sites (N-methyl/N-ethyl adjacent to an activating group) is 1. The average molecular weight is 349 g/mol. The molecule has 1 N–H and O–H groups in total. The molecule has 0 saturated heterocycles. The number of amides is 1. The summed E-state index contributed by atoms with van der Waals surface area (Å²) < 4.78 is 0. The normalized spacial score (nSPS) is 12.7. The summed E-state index contributed by atoms with van der Waals surface area (Å²) in [7, 11) is 4.03. The van der Waals surface area contributed by atoms with Gasteiger partial charge in [0.05, 0.1) is 6.04 Å². The van der Waals surface area contributed by atoms with Gasteiger partial charge in [-0.05, 0) is 55.7 Å². The Morgan fingerprint density at radius 3 is 2.78 bits per heavy atom. The molecular weight excluding hydrogens is 328 g/mol. The standard InChI is InChI=1S/C18H21ClN2OS/c1-13-6-7-14(11-15(13)19)8-9-18(22)20-12-16(21(2)3)17-5-4-10-23-17/h4-11,16H,12H2,1-3H3,(H,20,22)/b9-8+. The van der Waals surface area contributed by atoms with E-state index in [1.807, 2.05) is 45.3 Å². The summed E-state index contributed by atoms with van der Waals surface area (Å²) in [6, 6.07) is 10.0. The van der Waals surface area contributed by atoms with Gasteiger partial charge in [-0.15, -0.1) is 11.3 Å². The molecule has 0 aliphatic heterocycles. The summed E-state index contributed by atoms with van der Waals surface area (Å²) in [4.78, 5) is 15.4. The molecule has 1 atom stereocenters. The molecule has 1 aromatic heterocycles. The van der Waals surface area contributed by atoms with Crippen LogP contribution in [0.3, 0.4) is 0 Å². The van der Waals surface area contributed by atoms with Crippen LogP contribution in [0.5, 0.6) is 0 Å². The number of nitrogens with one attached hydrogen (secondary N) is 1. The molecule has 122 valence electrons. The van der Waals surface area contributed by atoms with E-state index < -0.39 is 0 Å². The summed E-state index contributed by atoms with van der Waals surface area (Å²) in [5, 5.41) is 5.71. The molecule has 0 spiro atoms. The molecule has 1 amide bonds. The predicted octanol–water partition coefficient (Wildman–Crippen LogP) is 4.14. The minimum atomic E-state index is -0.106. The number of aryl methyl sites for hydroxylation is 1. The second-order valence-corrected chi connectivity index (χ2v) is 6.97. The van der Waals surface area contributed by atoms with E-state index in [0.29, 0.717) is 11.6 Å². The summed E-state index contributed by atoms with van der Waals surface area (Å²) in [6.07, 6.45) is 3.32. The van der Waals surface area contributed by atoms with Gasteiger partial charge in [0.1, 0.15) is 0 Å². The molecule has 1 aromatic carbocycles. The van der Waals surface area contributed by atoms with E-state index in [1.165, 1.54) is 4.88 Å². The van der Waals surface area contributed by atoms with Gasteiger partial charge < -0.3 is 10.2 Å². The summed E-state index contributed by atoms with van der Waals surface area (Å²) in [5.74, 6) is -0.106. The Bertz CT molecular complexity index is 680. The Hall–Kier alpha value is -1.62. The smallest absolute Gasteiger partial charge is 0.244 e. The largest absolute Gasteiger partial charge is 0.351 e. The molecule has 0 aliphatic carbocycles. The first-order valence-electron chi connectivity index (χ1n) is 7.39. The van der Waals surface area contributed by atoms with Crippen LogP contribution in [0.2, 0.25) is 5.02 Å². The van der Waals surface area contributed by atoms with Crippen LogP contribution in [0.4, 0.5) is 0 Å². The van der Waals surface area contributed by atoms with Crippen molar-refractivity contribution in [3.05, 3.63) is 62.8 Å². The fraction of sp³-hybridized carbons (Fsp3) is 0.278. The fourth-order valence-electron chi connectivity index (χ4n) is 2.16. The number of benzene rings is 1. The van der Waals surface area contributed by atoms with E-state index in [0.717, 1.165) is 11.1 Å². The highest BCUT2D eigenvalue weighted by Crippen LogP contribution is 2.22. The van der Waals surface area contributed by atoms with Crippen molar-refractivity contribution in [2.45, 2.75) is 13.0 Å². The van der Waals surface area contributed by atoms with Gasteiger partial charge in [0.15, 0.2) is 0 Å². The maximum Gasteiger partial charge on any atom is 0.244 e. The Kier molecular flexibility index (Phi) is 6.39. The molecule has 2 aromatic rings. The fourth-order valence-corrected chi connectivity index (χ4v) is 3.27. The third kappa shape index (κ3) is 5.20. The highest BCUT2D eigenvalue weighted by Gasteiger charge is 2.15. The maximum absolute atomic E-state index is 12.0. The average Bonchev–Trinajstić information content (AvgIpc) is 3.02. The van der Waals surface area contributed by atoms with Crippen molar-refractivity contribution in [1.82, 2.24) is 10.2 Å². The second-order valence-electron chi connectivity index (χ2n) is 5.58. The van der Waals surface area contributed by atoms with Crippen molar-refractivity contribution in [1.29, 1.82) is 0 Å². The Balaban J connectivity index is 1.93. The molecule has 0 radical (unpaired) electrons. The summed E-state index contributed by atoms with van der Waals surface area (Å²) in [6.45, 7) is 2.53. The van der Waals surface area contributed by atoms with Gasteiger partial charge in [-0.25, -0.2) is 0 Å². The monoisotopic (exact) mass is 348 g/mol. The molecule has 0 fully saturated rings. The van der Waals surface area contributed by atoms with Crippen molar-refractivity contribution < 1.29 is 4.79 Å². The van der Waals surface area contributed by atoms with E-state index in [2.05, 4.69) is 21.7 Å². The van der Waals surface area contributed by atoms with Gasteiger partial charge in [-0.2, -0.15) is 0 Å². The van der Waals surface area contributed by atoms with Crippen LogP contribution < -0.4 is 5.32 Å². The number of hydrogen-bond donors (Lipinski definition) is 1. The molecule has 0 saturated carbocycles. The molecule has 0 aliphatic rings. The quantitative estimate of drug-likeness (QED) is 0.795. The SMILES string of the molecule is Cc1ccc(/C=C/C(=O)NCC(c2cccs2)N(C)C)cc1Cl. The van der Waals surface area contributed by atoms with Crippen LogP contribution in [-0.4, -0.2) is 31.4 Å². The lowest BCUT2D eigenvalue weighted by Crippen LogP contribution is -2.33. The number of hydrogen-bond acceptors (Lipinski definition) is 3. The number of nitrogens with zero attached hydrogens (tertiary/aromatic N) is 1. The van der Waals surface area contributed by atoms with Gasteiger partial charge >= 0.3 is 0 Å². The van der Waals surface area contributed by atoms with Crippen LogP contribution in [0.15, 0.2) is 41.8 Å². The van der Waals surface area contributed by atoms with Crippen molar-refractivity contribution in [2.24, 2.45) is 0 Å².